The lowest BCUT2D eigenvalue weighted by molar-refractivity contribution is -0.386. The third kappa shape index (κ3) is 3.36. The standard InChI is InChI=1S/C9H11ClN2O3/c1-2-3-6-15-9-7(12(13)14)4-5-8(10)11-9/h4-5H,2-3,6H2,1H3. The highest BCUT2D eigenvalue weighted by atomic mass is 35.5. The predicted molar refractivity (Wildman–Crippen MR) is 56.3 cm³/mol. The molecular formula is C9H11ClN2O3. The highest BCUT2D eigenvalue weighted by molar-refractivity contribution is 6.29. The van der Waals surface area contributed by atoms with Crippen molar-refractivity contribution in [2.75, 3.05) is 6.61 Å². The van der Waals surface area contributed by atoms with Gasteiger partial charge in [-0.15, -0.1) is 0 Å². The monoisotopic (exact) mass is 230 g/mol. The summed E-state index contributed by atoms with van der Waals surface area (Å²) in [5.41, 5.74) is -0.157. The Kier molecular flexibility index (Phi) is 4.30. The molecule has 1 aromatic rings. The number of halogens is 1. The lowest BCUT2D eigenvalue weighted by atomic mass is 10.3. The van der Waals surface area contributed by atoms with Gasteiger partial charge in [0.1, 0.15) is 5.15 Å². The Morgan fingerprint density at radius 1 is 1.60 bits per heavy atom. The first-order valence-electron chi connectivity index (χ1n) is 4.59. The van der Waals surface area contributed by atoms with Crippen molar-refractivity contribution in [3.63, 3.8) is 0 Å². The topological polar surface area (TPSA) is 65.3 Å². The molecule has 0 saturated heterocycles. The SMILES string of the molecule is CCCCOc1nc(Cl)ccc1[N+](=O)[O-]. The Balaban J connectivity index is 2.82. The van der Waals surface area contributed by atoms with Gasteiger partial charge in [-0.1, -0.05) is 24.9 Å². The van der Waals surface area contributed by atoms with Crippen LogP contribution in [0.15, 0.2) is 12.1 Å². The number of ether oxygens (including phenoxy) is 1. The summed E-state index contributed by atoms with van der Waals surface area (Å²) < 4.78 is 5.18. The zero-order valence-corrected chi connectivity index (χ0v) is 9.03. The molecule has 0 radical (unpaired) electrons. The van der Waals surface area contributed by atoms with Crippen molar-refractivity contribution in [3.8, 4) is 5.88 Å². The molecule has 0 saturated carbocycles. The molecule has 0 atom stereocenters. The molecule has 0 unspecified atom stereocenters. The average Bonchev–Trinajstić information content (AvgIpc) is 2.18. The van der Waals surface area contributed by atoms with Gasteiger partial charge in [0.15, 0.2) is 0 Å². The van der Waals surface area contributed by atoms with E-state index < -0.39 is 4.92 Å². The van der Waals surface area contributed by atoms with Gasteiger partial charge in [0.05, 0.1) is 11.5 Å². The Bertz CT molecular complexity index is 357. The number of nitro groups is 1. The molecule has 0 bridgehead atoms. The predicted octanol–water partition coefficient (Wildman–Crippen LogP) is 2.82. The van der Waals surface area contributed by atoms with Crippen molar-refractivity contribution in [2.24, 2.45) is 0 Å². The van der Waals surface area contributed by atoms with Gasteiger partial charge in [-0.3, -0.25) is 10.1 Å². The Morgan fingerprint density at radius 3 is 2.93 bits per heavy atom. The molecule has 0 aliphatic heterocycles. The van der Waals surface area contributed by atoms with Crippen molar-refractivity contribution >= 4 is 17.3 Å². The Hall–Kier alpha value is -1.36. The van der Waals surface area contributed by atoms with Gasteiger partial charge in [0.25, 0.3) is 5.88 Å². The van der Waals surface area contributed by atoms with Crippen LogP contribution in [0.3, 0.4) is 0 Å². The van der Waals surface area contributed by atoms with E-state index in [2.05, 4.69) is 4.98 Å². The maximum absolute atomic E-state index is 10.6. The average molecular weight is 231 g/mol. The smallest absolute Gasteiger partial charge is 0.331 e. The summed E-state index contributed by atoms with van der Waals surface area (Å²) in [5, 5.41) is 10.8. The van der Waals surface area contributed by atoms with Crippen LogP contribution in [0.1, 0.15) is 19.8 Å². The van der Waals surface area contributed by atoms with Crippen LogP contribution in [-0.2, 0) is 0 Å². The minimum atomic E-state index is -0.537. The van der Waals surface area contributed by atoms with Crippen LogP contribution in [0.5, 0.6) is 5.88 Å². The summed E-state index contributed by atoms with van der Waals surface area (Å²) in [6.07, 6.45) is 1.78. The van der Waals surface area contributed by atoms with Gasteiger partial charge in [-0.2, -0.15) is 4.98 Å². The minimum absolute atomic E-state index is 0.0130. The third-order valence-electron chi connectivity index (χ3n) is 1.74. The number of rotatable bonds is 5. The van der Waals surface area contributed by atoms with E-state index in [1.807, 2.05) is 6.92 Å². The molecule has 0 aliphatic carbocycles. The van der Waals surface area contributed by atoms with Gasteiger partial charge in [-0.25, -0.2) is 0 Å². The quantitative estimate of drug-likeness (QED) is 0.338. The number of nitrogens with zero attached hydrogens (tertiary/aromatic N) is 2. The highest BCUT2D eigenvalue weighted by Crippen LogP contribution is 2.26. The third-order valence-corrected chi connectivity index (χ3v) is 1.95. The second kappa shape index (κ2) is 5.50. The summed E-state index contributed by atoms with van der Waals surface area (Å²) in [7, 11) is 0. The van der Waals surface area contributed by atoms with Crippen molar-refractivity contribution in [1.82, 2.24) is 4.98 Å². The normalized spacial score (nSPS) is 10.0. The van der Waals surface area contributed by atoms with E-state index >= 15 is 0 Å². The molecule has 0 N–H and O–H groups in total. The maximum Gasteiger partial charge on any atom is 0.331 e. The number of aromatic nitrogens is 1. The lowest BCUT2D eigenvalue weighted by Crippen LogP contribution is -2.02. The summed E-state index contributed by atoms with van der Waals surface area (Å²) in [6, 6.07) is 2.66. The first-order chi connectivity index (χ1) is 7.15. The van der Waals surface area contributed by atoms with E-state index in [4.69, 9.17) is 16.3 Å². The van der Waals surface area contributed by atoms with Crippen LogP contribution in [-0.4, -0.2) is 16.5 Å². The molecule has 0 aliphatic rings. The molecule has 0 amide bonds. The molecule has 0 spiro atoms. The summed E-state index contributed by atoms with van der Waals surface area (Å²) in [5.74, 6) is -0.0130. The van der Waals surface area contributed by atoms with E-state index in [-0.39, 0.29) is 16.7 Å². The molecule has 5 nitrogen and oxygen atoms in total. The molecule has 82 valence electrons. The van der Waals surface area contributed by atoms with Crippen LogP contribution >= 0.6 is 11.6 Å². The van der Waals surface area contributed by atoms with Gasteiger partial charge in [-0.05, 0) is 12.5 Å². The van der Waals surface area contributed by atoms with Crippen molar-refractivity contribution in [1.29, 1.82) is 0 Å². The number of hydrogen-bond acceptors (Lipinski definition) is 4. The van der Waals surface area contributed by atoms with Gasteiger partial charge in [0, 0.05) is 6.07 Å². The number of pyridine rings is 1. The van der Waals surface area contributed by atoms with E-state index in [1.165, 1.54) is 12.1 Å². The largest absolute Gasteiger partial charge is 0.473 e. The van der Waals surface area contributed by atoms with Crippen LogP contribution in [0.25, 0.3) is 0 Å². The number of hydrogen-bond donors (Lipinski definition) is 0. The fourth-order valence-corrected chi connectivity index (χ4v) is 1.11. The summed E-state index contributed by atoms with van der Waals surface area (Å²) in [4.78, 5) is 13.8. The maximum atomic E-state index is 10.6. The first-order valence-corrected chi connectivity index (χ1v) is 4.96. The summed E-state index contributed by atoms with van der Waals surface area (Å²) in [6.45, 7) is 2.41. The second-order valence-corrected chi connectivity index (χ2v) is 3.30. The molecule has 1 rings (SSSR count). The van der Waals surface area contributed by atoms with Crippen molar-refractivity contribution < 1.29 is 9.66 Å². The minimum Gasteiger partial charge on any atom is -0.473 e. The Morgan fingerprint density at radius 2 is 2.33 bits per heavy atom. The molecule has 0 fully saturated rings. The van der Waals surface area contributed by atoms with Crippen LogP contribution in [0.2, 0.25) is 5.15 Å². The van der Waals surface area contributed by atoms with Crippen LogP contribution in [0, 0.1) is 10.1 Å². The molecule has 6 heteroatoms. The molecule has 1 heterocycles. The van der Waals surface area contributed by atoms with Gasteiger partial charge >= 0.3 is 5.69 Å². The van der Waals surface area contributed by atoms with E-state index in [0.717, 1.165) is 12.8 Å². The molecular weight excluding hydrogens is 220 g/mol. The van der Waals surface area contributed by atoms with E-state index in [9.17, 15) is 10.1 Å². The van der Waals surface area contributed by atoms with Crippen molar-refractivity contribution in [2.45, 2.75) is 19.8 Å². The van der Waals surface area contributed by atoms with Gasteiger partial charge < -0.3 is 4.74 Å². The van der Waals surface area contributed by atoms with Crippen LogP contribution < -0.4 is 4.74 Å². The highest BCUT2D eigenvalue weighted by Gasteiger charge is 2.16. The Labute approximate surface area is 92.2 Å². The zero-order chi connectivity index (χ0) is 11.3. The van der Waals surface area contributed by atoms with E-state index in [1.54, 1.807) is 0 Å². The fourth-order valence-electron chi connectivity index (χ4n) is 0.969. The molecule has 15 heavy (non-hydrogen) atoms. The summed E-state index contributed by atoms with van der Waals surface area (Å²) >= 11 is 5.62. The van der Waals surface area contributed by atoms with E-state index in [0.29, 0.717) is 6.61 Å². The zero-order valence-electron chi connectivity index (χ0n) is 8.27. The molecule has 1 aromatic heterocycles. The lowest BCUT2D eigenvalue weighted by Gasteiger charge is -2.04. The van der Waals surface area contributed by atoms with Gasteiger partial charge in [0.2, 0.25) is 0 Å². The van der Waals surface area contributed by atoms with Crippen LogP contribution in [0.4, 0.5) is 5.69 Å². The fraction of sp³-hybridized carbons (Fsp3) is 0.444. The first kappa shape index (κ1) is 11.7. The van der Waals surface area contributed by atoms with Crippen molar-refractivity contribution in [3.05, 3.63) is 27.4 Å². The number of unbranched alkanes of at least 4 members (excludes halogenated alkanes) is 1. The molecule has 0 aromatic carbocycles. The second-order valence-electron chi connectivity index (χ2n) is 2.92.